The molecule has 5 aromatic rings. The summed E-state index contributed by atoms with van der Waals surface area (Å²) in [6, 6.07) is 47.7. The van der Waals surface area contributed by atoms with Crippen molar-refractivity contribution in [3.05, 3.63) is 204 Å². The van der Waals surface area contributed by atoms with Gasteiger partial charge in [-0.3, -0.25) is 0 Å². The second-order valence-electron chi connectivity index (χ2n) is 10.00. The van der Waals surface area contributed by atoms with Crippen LogP contribution in [0.4, 0.5) is 0 Å². The van der Waals surface area contributed by atoms with Gasteiger partial charge in [0, 0.05) is 0 Å². The van der Waals surface area contributed by atoms with Gasteiger partial charge in [-0.05, 0) is 0 Å². The number of hydrogen-bond donors (Lipinski definition) is 0. The monoisotopic (exact) mass is 683 g/mol. The van der Waals surface area contributed by atoms with E-state index in [0.717, 1.165) is 0 Å². The molecule has 0 unspecified atom stereocenters. The van der Waals surface area contributed by atoms with Crippen molar-refractivity contribution in [2.75, 3.05) is 0 Å². The van der Waals surface area contributed by atoms with Crippen molar-refractivity contribution in [3.8, 4) is 20.0 Å². The van der Waals surface area contributed by atoms with Crippen molar-refractivity contribution >= 4 is 44.5 Å². The molecule has 0 aliphatic carbocycles. The number of rotatable bonds is 8. The third-order valence-electron chi connectivity index (χ3n) is 6.89. The van der Waals surface area contributed by atoms with Crippen molar-refractivity contribution < 1.29 is 0 Å². The van der Waals surface area contributed by atoms with Crippen molar-refractivity contribution in [2.45, 2.75) is 0 Å². The van der Waals surface area contributed by atoms with Gasteiger partial charge in [-0.2, -0.15) is 0 Å². The fourth-order valence-corrected chi connectivity index (χ4v) is 9.50. The van der Waals surface area contributed by atoms with Gasteiger partial charge in [0.25, 0.3) is 0 Å². The van der Waals surface area contributed by atoms with Gasteiger partial charge in [0.15, 0.2) is 0 Å². The molecular formula is C41H31Se2+. The van der Waals surface area contributed by atoms with E-state index in [1.165, 1.54) is 51.2 Å². The Morgan fingerprint density at radius 1 is 0.442 bits per heavy atom. The van der Waals surface area contributed by atoms with Crippen molar-refractivity contribution in [1.82, 2.24) is 0 Å². The van der Waals surface area contributed by atoms with Crippen LogP contribution in [0.5, 0.6) is 0 Å². The van der Waals surface area contributed by atoms with Crippen molar-refractivity contribution in [3.63, 3.8) is 0 Å². The van der Waals surface area contributed by atoms with Gasteiger partial charge >= 0.3 is 269 Å². The van der Waals surface area contributed by atoms with Crippen LogP contribution in [0.25, 0.3) is 35.0 Å². The summed E-state index contributed by atoms with van der Waals surface area (Å²) in [5.41, 5.74) is 7.67. The Kier molecular flexibility index (Phi) is 9.88. The fourth-order valence-electron chi connectivity index (χ4n) is 4.74. The van der Waals surface area contributed by atoms with E-state index >= 15 is 0 Å². The summed E-state index contributed by atoms with van der Waals surface area (Å²) in [7, 11) is 0. The third kappa shape index (κ3) is 7.96. The van der Waals surface area contributed by atoms with E-state index in [9.17, 15) is 0 Å². The zero-order valence-corrected chi connectivity index (χ0v) is 27.1. The molecule has 0 radical (unpaired) electrons. The molecule has 206 valence electrons. The zero-order chi connectivity index (χ0) is 29.1. The van der Waals surface area contributed by atoms with Gasteiger partial charge in [-0.1, -0.05) is 0 Å². The fraction of sp³-hybridized carbons (Fsp3) is 0. The molecule has 1 aliphatic rings. The van der Waals surface area contributed by atoms with E-state index in [1.54, 1.807) is 0 Å². The van der Waals surface area contributed by atoms with Crippen LogP contribution in [0, 0.1) is 0 Å². The van der Waals surface area contributed by atoms with E-state index in [0.29, 0.717) is 0 Å². The van der Waals surface area contributed by atoms with Crippen LogP contribution in [0.2, 0.25) is 0 Å². The van der Waals surface area contributed by atoms with Crippen molar-refractivity contribution in [1.29, 1.82) is 0 Å². The molecule has 0 atom stereocenters. The van der Waals surface area contributed by atoms with E-state index in [2.05, 4.69) is 188 Å². The minimum atomic E-state index is 0.260. The zero-order valence-electron chi connectivity index (χ0n) is 23.7. The normalized spacial score (nSPS) is 13.4. The molecule has 0 saturated carbocycles. The molecule has 43 heavy (non-hydrogen) atoms. The second-order valence-corrected chi connectivity index (χ2v) is 14.5. The topological polar surface area (TPSA) is 0 Å². The summed E-state index contributed by atoms with van der Waals surface area (Å²) in [6.45, 7) is 0. The quantitative estimate of drug-likeness (QED) is 0.113. The van der Waals surface area contributed by atoms with Gasteiger partial charge in [-0.15, -0.1) is 0 Å². The van der Waals surface area contributed by atoms with Crippen LogP contribution in [-0.4, -0.2) is 29.5 Å². The molecule has 0 nitrogen and oxygen atoms in total. The van der Waals surface area contributed by atoms with Gasteiger partial charge in [-0.25, -0.2) is 0 Å². The predicted molar refractivity (Wildman–Crippen MR) is 189 cm³/mol. The Labute approximate surface area is 267 Å². The summed E-state index contributed by atoms with van der Waals surface area (Å²) in [5, 5.41) is 0. The van der Waals surface area contributed by atoms with Crippen LogP contribution in [-0.2, 0) is 0 Å². The summed E-state index contributed by atoms with van der Waals surface area (Å²) < 4.78 is 5.63. The summed E-state index contributed by atoms with van der Waals surface area (Å²) >= 11 is 0.520. The second kappa shape index (κ2) is 14.7. The third-order valence-corrected chi connectivity index (χ3v) is 11.7. The number of hydrogen-bond acceptors (Lipinski definition) is 0. The van der Waals surface area contributed by atoms with Gasteiger partial charge in [0.05, 0.1) is 0 Å². The number of benzene rings is 4. The summed E-state index contributed by atoms with van der Waals surface area (Å²) in [5.74, 6) is 0. The first kappa shape index (κ1) is 28.8. The molecule has 1 aliphatic heterocycles. The average Bonchev–Trinajstić information content (AvgIpc) is 3.09. The average molecular weight is 682 g/mol. The standard InChI is InChI=1S/C41H31Se2/c1(2-8-18-32-28-38(34-20-10-4-11-21-34)42-39(29-32)35-22-12-5-13-23-35)3-9-19-33-30-40(36-24-14-6-15-25-36)43-41(31-33)37-26-16-7-17-27-37/h1-31H/q+1. The van der Waals surface area contributed by atoms with Crippen molar-refractivity contribution in [2.24, 2.45) is 0 Å². The van der Waals surface area contributed by atoms with E-state index in [-0.39, 0.29) is 29.5 Å². The summed E-state index contributed by atoms with van der Waals surface area (Å²) in [4.78, 5) is 0. The Balaban J connectivity index is 1.20. The molecule has 0 bridgehead atoms. The Bertz CT molecular complexity index is 1730. The molecule has 6 rings (SSSR count). The Morgan fingerprint density at radius 2 is 0.860 bits per heavy atom. The molecule has 0 spiro atoms. The number of allylic oxidation sites excluding steroid dienone is 9. The molecular weight excluding hydrogens is 650 g/mol. The first-order chi connectivity index (χ1) is 21.3. The molecule has 0 fully saturated rings. The van der Waals surface area contributed by atoms with E-state index in [1.807, 2.05) is 0 Å². The maximum absolute atomic E-state index is 2.34. The molecule has 0 saturated heterocycles. The first-order valence-corrected chi connectivity index (χ1v) is 17.8. The molecule has 4 aromatic carbocycles. The Hall–Kier alpha value is -4.29. The maximum atomic E-state index is 2.34. The van der Waals surface area contributed by atoms with E-state index in [4.69, 9.17) is 0 Å². The summed E-state index contributed by atoms with van der Waals surface area (Å²) in [6.07, 6.45) is 19.7. The van der Waals surface area contributed by atoms with Gasteiger partial charge < -0.3 is 0 Å². The van der Waals surface area contributed by atoms with Gasteiger partial charge in [0.1, 0.15) is 0 Å². The van der Waals surface area contributed by atoms with Crippen LogP contribution in [0.1, 0.15) is 16.7 Å². The predicted octanol–water partition coefficient (Wildman–Crippen LogP) is 10.2. The SMILES string of the molecule is C(/C=C/C=C/C=C/c1cc(-c2ccccc2)[se+]c(-c2ccccc2)c1)=C1C=C(c2ccccc2)[Se]C(c2ccccc2)=C1. The molecule has 0 N–H and O–H groups in total. The molecule has 0 amide bonds. The van der Waals surface area contributed by atoms with Gasteiger partial charge in [0.2, 0.25) is 0 Å². The Morgan fingerprint density at radius 3 is 1.35 bits per heavy atom. The molecule has 2 heterocycles. The molecule has 1 aromatic heterocycles. The van der Waals surface area contributed by atoms with Crippen LogP contribution < -0.4 is 0 Å². The first-order valence-electron chi connectivity index (χ1n) is 14.3. The van der Waals surface area contributed by atoms with Crippen LogP contribution in [0.3, 0.4) is 0 Å². The van der Waals surface area contributed by atoms with E-state index < -0.39 is 0 Å². The minimum absolute atomic E-state index is 0.260. The van der Waals surface area contributed by atoms with Crippen LogP contribution >= 0.6 is 0 Å². The molecule has 2 heteroatoms. The van der Waals surface area contributed by atoms with Crippen LogP contribution in [0.15, 0.2) is 188 Å².